The fourth-order valence-corrected chi connectivity index (χ4v) is 6.84. The predicted molar refractivity (Wildman–Crippen MR) is 136 cm³/mol. The number of esters is 1. The molecule has 2 aliphatic carbocycles. The van der Waals surface area contributed by atoms with Crippen molar-refractivity contribution in [1.82, 2.24) is 19.7 Å². The molecule has 3 heterocycles. The smallest absolute Gasteiger partial charge is 0.459 e. The zero-order chi connectivity index (χ0) is 27.6. The Kier molecular flexibility index (Phi) is 6.21. The third kappa shape index (κ3) is 4.30. The maximum atomic E-state index is 14.0. The number of benzene rings is 1. The largest absolute Gasteiger partial charge is 0.461 e. The lowest BCUT2D eigenvalue weighted by molar-refractivity contribution is -0.154. The van der Waals surface area contributed by atoms with Gasteiger partial charge in [-0.25, -0.2) is 14.1 Å². The van der Waals surface area contributed by atoms with E-state index in [-0.39, 0.29) is 17.7 Å². The van der Waals surface area contributed by atoms with Gasteiger partial charge in [0.15, 0.2) is 11.4 Å². The van der Waals surface area contributed by atoms with Crippen LogP contribution in [0.15, 0.2) is 48.8 Å². The van der Waals surface area contributed by atoms with E-state index in [2.05, 4.69) is 15.2 Å². The maximum absolute atomic E-state index is 14.0. The van der Waals surface area contributed by atoms with Gasteiger partial charge in [-0.3, -0.25) is 9.32 Å². The van der Waals surface area contributed by atoms with Crippen molar-refractivity contribution in [2.45, 2.75) is 74.8 Å². The monoisotopic (exact) mass is 559 g/mol. The summed E-state index contributed by atoms with van der Waals surface area (Å²) in [6, 6.07) is 10.6. The molecule has 208 valence electrons. The highest BCUT2D eigenvalue weighted by molar-refractivity contribution is 7.52. The molecule has 6 rings (SSSR count). The molecule has 2 unspecified atom stereocenters. The van der Waals surface area contributed by atoms with E-state index in [1.807, 2.05) is 0 Å². The van der Waals surface area contributed by atoms with Gasteiger partial charge in [0, 0.05) is 0 Å². The van der Waals surface area contributed by atoms with Crippen LogP contribution in [0.5, 0.6) is 5.75 Å². The van der Waals surface area contributed by atoms with Crippen molar-refractivity contribution in [3.63, 3.8) is 0 Å². The number of nitrogens with zero attached hydrogens (tertiary/aromatic N) is 3. The quantitative estimate of drug-likeness (QED) is 0.220. The van der Waals surface area contributed by atoms with E-state index in [0.717, 1.165) is 19.3 Å². The highest BCUT2D eigenvalue weighted by Gasteiger charge is 2.82. The maximum Gasteiger partial charge on any atom is 0.459 e. The van der Waals surface area contributed by atoms with Crippen LogP contribution in [-0.4, -0.2) is 66.8 Å². The van der Waals surface area contributed by atoms with Crippen LogP contribution in [0.4, 0.5) is 5.82 Å². The van der Waals surface area contributed by atoms with Gasteiger partial charge < -0.3 is 29.9 Å². The summed E-state index contributed by atoms with van der Waals surface area (Å²) in [4.78, 5) is 16.5. The van der Waals surface area contributed by atoms with Crippen LogP contribution >= 0.6 is 7.75 Å². The number of nitrogens with two attached hydrogens (primary N) is 1. The second kappa shape index (κ2) is 9.26. The number of fused-ring (bicyclic) bond motifs is 2. The topological polar surface area (TPSA) is 180 Å². The van der Waals surface area contributed by atoms with E-state index < -0.39 is 49.3 Å². The Hall–Kier alpha value is -3.06. The lowest BCUT2D eigenvalue weighted by Crippen LogP contribution is -2.46. The molecule has 3 aromatic rings. The fraction of sp³-hybridized carbons (Fsp3) is 0.480. The number of nitrogen functional groups attached to an aromatic ring is 1. The normalized spacial score (nSPS) is 32.2. The number of aliphatic hydroxyl groups excluding tert-OH is 1. The number of anilines is 1. The molecule has 3 fully saturated rings. The lowest BCUT2D eigenvalue weighted by Gasteiger charge is -2.33. The van der Waals surface area contributed by atoms with Crippen molar-refractivity contribution < 1.29 is 38.1 Å². The summed E-state index contributed by atoms with van der Waals surface area (Å²) < 4.78 is 38.5. The Labute approximate surface area is 223 Å². The summed E-state index contributed by atoms with van der Waals surface area (Å²) in [5.74, 6) is -0.138. The van der Waals surface area contributed by atoms with E-state index in [4.69, 9.17) is 24.3 Å². The average Bonchev–Trinajstić information content (AvgIpc) is 3.17. The number of nitrogens with one attached hydrogen (secondary N) is 1. The van der Waals surface area contributed by atoms with Crippen LogP contribution in [0.25, 0.3) is 5.52 Å². The van der Waals surface area contributed by atoms with Crippen molar-refractivity contribution in [1.29, 1.82) is 0 Å². The van der Waals surface area contributed by atoms with E-state index >= 15 is 0 Å². The summed E-state index contributed by atoms with van der Waals surface area (Å²) >= 11 is 0. The molecule has 3 aliphatic rings. The van der Waals surface area contributed by atoms with E-state index in [9.17, 15) is 19.6 Å². The van der Waals surface area contributed by atoms with Crippen LogP contribution < -0.4 is 15.3 Å². The average molecular weight is 560 g/mol. The van der Waals surface area contributed by atoms with Crippen LogP contribution in [0.2, 0.25) is 0 Å². The van der Waals surface area contributed by atoms with Crippen LogP contribution in [0, 0.1) is 0 Å². The summed E-state index contributed by atoms with van der Waals surface area (Å²) in [5, 5.41) is 29.6. The van der Waals surface area contributed by atoms with Gasteiger partial charge >= 0.3 is 13.7 Å². The molecule has 7 atom stereocenters. The summed E-state index contributed by atoms with van der Waals surface area (Å²) in [5.41, 5.74) is 3.57. The first-order chi connectivity index (χ1) is 18.5. The molecule has 0 bridgehead atoms. The lowest BCUT2D eigenvalue weighted by atomic mass is 9.91. The first-order valence-corrected chi connectivity index (χ1v) is 14.3. The molecule has 1 aromatic carbocycles. The molecule has 39 heavy (non-hydrogen) atoms. The Morgan fingerprint density at radius 3 is 2.67 bits per heavy atom. The minimum atomic E-state index is -4.29. The molecule has 13 nitrogen and oxygen atoms in total. The van der Waals surface area contributed by atoms with Gasteiger partial charge in [-0.15, -0.1) is 0 Å². The number of carbonyl (C=O) groups excluding carboxylic acids is 1. The van der Waals surface area contributed by atoms with Crippen molar-refractivity contribution >= 4 is 25.1 Å². The zero-order valence-electron chi connectivity index (χ0n) is 21.3. The Bertz CT molecular complexity index is 1450. The second-order valence-corrected chi connectivity index (χ2v) is 12.0. The molecule has 0 radical (unpaired) electrons. The molecule has 14 heteroatoms. The molecule has 2 aromatic heterocycles. The number of hydrogen-bond donors (Lipinski definition) is 4. The first kappa shape index (κ1) is 26.2. The number of carbonyl (C=O) groups is 1. The SMILES string of the molecule is C[C@H](NP(=O)(Oc1ccccc1)OC1[C@H]2O[C@@](C)(c3ccc4c(N)ncnn34)[C@H](O)[C@@]12O)C(=O)OC1CCC1. The van der Waals surface area contributed by atoms with Gasteiger partial charge in [0.25, 0.3) is 0 Å². The van der Waals surface area contributed by atoms with Crippen LogP contribution in [-0.2, 0) is 29.0 Å². The molecule has 2 saturated carbocycles. The number of aromatic nitrogens is 3. The van der Waals surface area contributed by atoms with Gasteiger partial charge in [-0.1, -0.05) is 18.2 Å². The minimum Gasteiger partial charge on any atom is -0.461 e. The third-order valence-corrected chi connectivity index (χ3v) is 9.32. The van der Waals surface area contributed by atoms with Crippen LogP contribution in [0.1, 0.15) is 38.8 Å². The Balaban J connectivity index is 1.22. The standard InChI is InChI=1S/C25H30N5O8P/c1-14(22(31)35-15-9-6-10-15)29-39(34,37-16-7-4-3-5-8-16)38-20-19-25(20,33)23(32)24(2,36-19)18-12-11-17-21(26)27-13-28-30(17)18/h3-5,7-8,11-15,19-20,23,32-33H,6,9-10H2,1-2H3,(H,29,34)(H2,26,27,28)/t14-,19+,20?,23-,24-,25-,39?/m0/s1. The van der Waals surface area contributed by atoms with E-state index in [1.54, 1.807) is 49.4 Å². The van der Waals surface area contributed by atoms with Crippen molar-refractivity contribution in [3.05, 3.63) is 54.5 Å². The van der Waals surface area contributed by atoms with Crippen LogP contribution in [0.3, 0.4) is 0 Å². The Morgan fingerprint density at radius 1 is 1.28 bits per heavy atom. The molecule has 1 aliphatic heterocycles. The highest BCUT2D eigenvalue weighted by Crippen LogP contribution is 2.63. The van der Waals surface area contributed by atoms with E-state index in [0.29, 0.717) is 11.2 Å². The first-order valence-electron chi connectivity index (χ1n) is 12.7. The molecule has 5 N–H and O–H groups in total. The molecular weight excluding hydrogens is 529 g/mol. The van der Waals surface area contributed by atoms with Gasteiger partial charge in [0.05, 0.1) is 5.69 Å². The summed E-state index contributed by atoms with van der Waals surface area (Å²) in [6.07, 6.45) is -0.0926. The molecule has 1 saturated heterocycles. The van der Waals surface area contributed by atoms with Gasteiger partial charge in [-0.2, -0.15) is 10.2 Å². The van der Waals surface area contributed by atoms with Crippen molar-refractivity contribution in [2.24, 2.45) is 0 Å². The van der Waals surface area contributed by atoms with Gasteiger partial charge in [0.1, 0.15) is 53.7 Å². The molecule has 0 spiro atoms. The summed E-state index contributed by atoms with van der Waals surface area (Å²) in [6.45, 7) is 3.09. The highest BCUT2D eigenvalue weighted by atomic mass is 31.2. The molecule has 0 amide bonds. The number of aliphatic hydroxyl groups is 2. The number of para-hydroxylation sites is 1. The van der Waals surface area contributed by atoms with Crippen molar-refractivity contribution in [2.75, 3.05) is 5.73 Å². The minimum absolute atomic E-state index is 0.160. The van der Waals surface area contributed by atoms with E-state index in [1.165, 1.54) is 17.8 Å². The predicted octanol–water partition coefficient (Wildman–Crippen LogP) is 1.68. The Morgan fingerprint density at radius 2 is 2.03 bits per heavy atom. The number of rotatable bonds is 9. The zero-order valence-corrected chi connectivity index (χ0v) is 22.2. The van der Waals surface area contributed by atoms with Gasteiger partial charge in [0.2, 0.25) is 0 Å². The fourth-order valence-electron chi connectivity index (χ4n) is 5.13. The van der Waals surface area contributed by atoms with Crippen molar-refractivity contribution in [3.8, 4) is 5.75 Å². The third-order valence-electron chi connectivity index (χ3n) is 7.66. The second-order valence-electron chi connectivity index (χ2n) is 10.4. The number of hydrogen-bond acceptors (Lipinski definition) is 11. The molecular formula is C25H30N5O8P. The summed E-state index contributed by atoms with van der Waals surface area (Å²) in [7, 11) is -4.29. The number of ether oxygens (including phenoxy) is 2. The van der Waals surface area contributed by atoms with Gasteiger partial charge in [-0.05, 0) is 57.4 Å².